The Labute approximate surface area is 86.3 Å². The minimum atomic E-state index is -0.150. The molecule has 15 heavy (non-hydrogen) atoms. The highest BCUT2D eigenvalue weighted by Crippen LogP contribution is 2.38. The van der Waals surface area contributed by atoms with Crippen LogP contribution in [-0.2, 0) is 0 Å². The molecule has 3 rings (SSSR count). The lowest BCUT2D eigenvalue weighted by atomic mass is 10.2. The van der Waals surface area contributed by atoms with E-state index in [1.165, 1.54) is 4.68 Å². The molecular formula is C11H11N3O. The third kappa shape index (κ3) is 1.21. The topological polar surface area (TPSA) is 60.9 Å². The van der Waals surface area contributed by atoms with E-state index in [4.69, 9.17) is 5.84 Å². The van der Waals surface area contributed by atoms with E-state index in [-0.39, 0.29) is 5.56 Å². The lowest BCUT2D eigenvalue weighted by molar-refractivity contribution is 0.791. The molecule has 0 radical (unpaired) electrons. The molecule has 76 valence electrons. The van der Waals surface area contributed by atoms with Crippen molar-refractivity contribution in [2.75, 3.05) is 5.84 Å². The van der Waals surface area contributed by atoms with E-state index in [9.17, 15) is 4.79 Å². The van der Waals surface area contributed by atoms with Crippen LogP contribution >= 0.6 is 0 Å². The van der Waals surface area contributed by atoms with Crippen molar-refractivity contribution in [1.82, 2.24) is 9.66 Å². The molecule has 2 aromatic rings. The molecule has 1 fully saturated rings. The fourth-order valence-corrected chi connectivity index (χ4v) is 1.79. The molecule has 1 aromatic carbocycles. The van der Waals surface area contributed by atoms with Crippen molar-refractivity contribution in [3.63, 3.8) is 0 Å². The molecule has 1 aliphatic rings. The van der Waals surface area contributed by atoms with Crippen LogP contribution in [0.15, 0.2) is 29.1 Å². The molecule has 0 saturated heterocycles. The molecule has 1 saturated carbocycles. The monoisotopic (exact) mass is 201 g/mol. The number of nitrogen functional groups attached to an aromatic ring is 1. The first-order chi connectivity index (χ1) is 7.27. The maximum atomic E-state index is 11.9. The van der Waals surface area contributed by atoms with Gasteiger partial charge < -0.3 is 5.84 Å². The third-order valence-corrected chi connectivity index (χ3v) is 2.78. The molecule has 1 aromatic heterocycles. The maximum Gasteiger partial charge on any atom is 0.279 e. The molecule has 1 heterocycles. The molecule has 0 atom stereocenters. The van der Waals surface area contributed by atoms with Gasteiger partial charge in [0.15, 0.2) is 0 Å². The minimum absolute atomic E-state index is 0.150. The lowest BCUT2D eigenvalue weighted by Gasteiger charge is -2.06. The number of nitrogens with two attached hydrogens (primary N) is 1. The van der Waals surface area contributed by atoms with Crippen molar-refractivity contribution < 1.29 is 0 Å². The number of rotatable bonds is 1. The zero-order valence-electron chi connectivity index (χ0n) is 8.18. The Morgan fingerprint density at radius 1 is 1.33 bits per heavy atom. The van der Waals surface area contributed by atoms with Gasteiger partial charge in [0, 0.05) is 5.92 Å². The first-order valence-corrected chi connectivity index (χ1v) is 5.04. The van der Waals surface area contributed by atoms with Crippen LogP contribution in [0.4, 0.5) is 0 Å². The summed E-state index contributed by atoms with van der Waals surface area (Å²) in [6, 6.07) is 7.31. The summed E-state index contributed by atoms with van der Waals surface area (Å²) < 4.78 is 1.19. The van der Waals surface area contributed by atoms with E-state index in [0.717, 1.165) is 24.2 Å². The fourth-order valence-electron chi connectivity index (χ4n) is 1.79. The molecule has 0 unspecified atom stereocenters. The van der Waals surface area contributed by atoms with Crippen LogP contribution in [0.2, 0.25) is 0 Å². The molecule has 0 spiro atoms. The number of hydrogen-bond donors (Lipinski definition) is 1. The molecule has 0 amide bonds. The number of benzene rings is 1. The Balaban J connectivity index is 2.40. The summed E-state index contributed by atoms with van der Waals surface area (Å²) in [6.45, 7) is 0. The summed E-state index contributed by atoms with van der Waals surface area (Å²) in [7, 11) is 0. The smallest absolute Gasteiger partial charge is 0.279 e. The normalized spacial score (nSPS) is 15.7. The Morgan fingerprint density at radius 2 is 2.07 bits per heavy atom. The van der Waals surface area contributed by atoms with Crippen LogP contribution in [0, 0.1) is 0 Å². The molecule has 2 N–H and O–H groups in total. The van der Waals surface area contributed by atoms with E-state index < -0.39 is 0 Å². The first-order valence-electron chi connectivity index (χ1n) is 5.04. The SMILES string of the molecule is Nn1c(C2CC2)nc2ccccc2c1=O. The van der Waals surface area contributed by atoms with Crippen LogP contribution in [0.25, 0.3) is 10.9 Å². The highest BCUT2D eigenvalue weighted by molar-refractivity contribution is 5.77. The molecule has 1 aliphatic carbocycles. The van der Waals surface area contributed by atoms with Crippen LogP contribution in [0.3, 0.4) is 0 Å². The predicted molar refractivity (Wildman–Crippen MR) is 58.1 cm³/mol. The maximum absolute atomic E-state index is 11.9. The van der Waals surface area contributed by atoms with Crippen LogP contribution in [0.5, 0.6) is 0 Å². The summed E-state index contributed by atoms with van der Waals surface area (Å²) in [5.74, 6) is 6.83. The fraction of sp³-hybridized carbons (Fsp3) is 0.273. The average molecular weight is 201 g/mol. The van der Waals surface area contributed by atoms with Gasteiger partial charge in [-0.1, -0.05) is 12.1 Å². The van der Waals surface area contributed by atoms with Crippen molar-refractivity contribution in [1.29, 1.82) is 0 Å². The van der Waals surface area contributed by atoms with Gasteiger partial charge in [0.05, 0.1) is 10.9 Å². The number of nitrogens with zero attached hydrogens (tertiary/aromatic N) is 2. The van der Waals surface area contributed by atoms with Gasteiger partial charge in [-0.3, -0.25) is 4.79 Å². The second-order valence-corrected chi connectivity index (χ2v) is 3.94. The zero-order valence-corrected chi connectivity index (χ0v) is 8.18. The van der Waals surface area contributed by atoms with Gasteiger partial charge in [0.2, 0.25) is 0 Å². The van der Waals surface area contributed by atoms with Crippen molar-refractivity contribution in [2.45, 2.75) is 18.8 Å². The first kappa shape index (κ1) is 8.47. The summed E-state index contributed by atoms with van der Waals surface area (Å²) in [6.07, 6.45) is 2.17. The Kier molecular flexibility index (Phi) is 1.59. The number of hydrogen-bond acceptors (Lipinski definition) is 3. The van der Waals surface area contributed by atoms with Gasteiger partial charge in [0.1, 0.15) is 5.82 Å². The summed E-state index contributed by atoms with van der Waals surface area (Å²) in [5.41, 5.74) is 0.591. The van der Waals surface area contributed by atoms with E-state index >= 15 is 0 Å². The molecule has 0 bridgehead atoms. The Morgan fingerprint density at radius 3 is 2.80 bits per heavy atom. The predicted octanol–water partition coefficient (Wildman–Crippen LogP) is 0.988. The minimum Gasteiger partial charge on any atom is -0.335 e. The molecule has 4 heteroatoms. The summed E-state index contributed by atoms with van der Waals surface area (Å²) in [4.78, 5) is 16.3. The van der Waals surface area contributed by atoms with Gasteiger partial charge in [-0.15, -0.1) is 0 Å². The van der Waals surface area contributed by atoms with E-state index in [1.807, 2.05) is 18.2 Å². The standard InChI is InChI=1S/C11H11N3O/c12-14-10(7-5-6-7)13-9-4-2-1-3-8(9)11(14)15/h1-4,7H,5-6,12H2. The second-order valence-electron chi connectivity index (χ2n) is 3.94. The summed E-state index contributed by atoms with van der Waals surface area (Å²) >= 11 is 0. The van der Waals surface area contributed by atoms with Gasteiger partial charge in [-0.25, -0.2) is 9.66 Å². The highest BCUT2D eigenvalue weighted by Gasteiger charge is 2.28. The zero-order chi connectivity index (χ0) is 10.4. The third-order valence-electron chi connectivity index (χ3n) is 2.78. The van der Waals surface area contributed by atoms with Gasteiger partial charge >= 0.3 is 0 Å². The van der Waals surface area contributed by atoms with E-state index in [1.54, 1.807) is 6.07 Å². The van der Waals surface area contributed by atoms with Gasteiger partial charge in [-0.2, -0.15) is 0 Å². The number of fused-ring (bicyclic) bond motifs is 1. The molecule has 0 aliphatic heterocycles. The Hall–Kier alpha value is -1.84. The highest BCUT2D eigenvalue weighted by atomic mass is 16.1. The van der Waals surface area contributed by atoms with Crippen molar-refractivity contribution in [2.24, 2.45) is 0 Å². The number of aromatic nitrogens is 2. The lowest BCUT2D eigenvalue weighted by Crippen LogP contribution is -2.31. The van der Waals surface area contributed by atoms with Crippen molar-refractivity contribution in [3.05, 3.63) is 40.4 Å². The van der Waals surface area contributed by atoms with Gasteiger partial charge in [-0.05, 0) is 25.0 Å². The van der Waals surface area contributed by atoms with Crippen molar-refractivity contribution >= 4 is 10.9 Å². The molecular weight excluding hydrogens is 190 g/mol. The molecule has 4 nitrogen and oxygen atoms in total. The average Bonchev–Trinajstić information content (AvgIpc) is 3.07. The van der Waals surface area contributed by atoms with Crippen LogP contribution in [0.1, 0.15) is 24.6 Å². The van der Waals surface area contributed by atoms with Crippen LogP contribution in [-0.4, -0.2) is 9.66 Å². The van der Waals surface area contributed by atoms with E-state index in [2.05, 4.69) is 4.98 Å². The van der Waals surface area contributed by atoms with Gasteiger partial charge in [0.25, 0.3) is 5.56 Å². The summed E-state index contributed by atoms with van der Waals surface area (Å²) in [5, 5.41) is 0.587. The second kappa shape index (κ2) is 2.82. The van der Waals surface area contributed by atoms with Crippen LogP contribution < -0.4 is 11.4 Å². The largest absolute Gasteiger partial charge is 0.335 e. The quantitative estimate of drug-likeness (QED) is 0.700. The van der Waals surface area contributed by atoms with Crippen molar-refractivity contribution in [3.8, 4) is 0 Å². The van der Waals surface area contributed by atoms with E-state index in [0.29, 0.717) is 11.3 Å². The Bertz CT molecular complexity index is 584. The number of para-hydroxylation sites is 1.